The van der Waals surface area contributed by atoms with Crippen molar-refractivity contribution in [3.05, 3.63) is 72.3 Å². The second-order valence-electron chi connectivity index (χ2n) is 6.84. The van der Waals surface area contributed by atoms with Crippen molar-refractivity contribution in [2.24, 2.45) is 4.99 Å². The molecule has 0 radical (unpaired) electrons. The van der Waals surface area contributed by atoms with Crippen LogP contribution in [0.4, 0.5) is 11.6 Å². The Labute approximate surface area is 193 Å². The number of para-hydroxylation sites is 1. The molecule has 0 aliphatic carbocycles. The minimum atomic E-state index is -0.315. The van der Waals surface area contributed by atoms with Gasteiger partial charge in [-0.3, -0.25) is 29.3 Å². The second kappa shape index (κ2) is 10.7. The van der Waals surface area contributed by atoms with Crippen LogP contribution in [0.3, 0.4) is 0 Å². The molecule has 0 saturated heterocycles. The average Bonchev–Trinajstić information content (AvgIpc) is 3.41. The van der Waals surface area contributed by atoms with Crippen molar-refractivity contribution in [1.29, 1.82) is 0 Å². The molecule has 0 spiro atoms. The highest BCUT2D eigenvalue weighted by Gasteiger charge is 2.32. The Morgan fingerprint density at radius 3 is 2.79 bits per heavy atom. The van der Waals surface area contributed by atoms with Crippen molar-refractivity contribution in [3.8, 4) is 0 Å². The number of nitrogens with zero attached hydrogens (tertiary/aromatic N) is 5. The minimum Gasteiger partial charge on any atom is -0.378 e. The van der Waals surface area contributed by atoms with E-state index in [-0.39, 0.29) is 29.1 Å². The molecule has 11 heteroatoms. The molecule has 1 aliphatic rings. The highest BCUT2D eigenvalue weighted by atomic mass is 32.2. The first-order valence-electron chi connectivity index (χ1n) is 10.0. The van der Waals surface area contributed by atoms with Gasteiger partial charge in [-0.1, -0.05) is 30.0 Å². The molecule has 3 aromatic rings. The number of carbonyl (C=O) groups is 2. The maximum atomic E-state index is 13.1. The van der Waals surface area contributed by atoms with Gasteiger partial charge in [-0.25, -0.2) is 4.99 Å². The number of benzene rings is 1. The zero-order valence-corrected chi connectivity index (χ0v) is 18.6. The summed E-state index contributed by atoms with van der Waals surface area (Å²) in [5.41, 5.74) is 1.75. The lowest BCUT2D eigenvalue weighted by Gasteiger charge is -2.17. The van der Waals surface area contributed by atoms with E-state index in [2.05, 4.69) is 20.6 Å². The van der Waals surface area contributed by atoms with Crippen molar-refractivity contribution in [3.63, 3.8) is 0 Å². The summed E-state index contributed by atoms with van der Waals surface area (Å²) in [5.74, 6) is -0.337. The quantitative estimate of drug-likeness (QED) is 0.400. The molecule has 0 saturated carbocycles. The predicted molar refractivity (Wildman–Crippen MR) is 123 cm³/mol. The second-order valence-corrected chi connectivity index (χ2v) is 7.78. The van der Waals surface area contributed by atoms with Crippen LogP contribution in [-0.4, -0.2) is 46.7 Å². The van der Waals surface area contributed by atoms with Crippen LogP contribution in [0, 0.1) is 0 Å². The van der Waals surface area contributed by atoms with Crippen molar-refractivity contribution in [1.82, 2.24) is 10.3 Å². The number of carbonyl (C=O) groups excluding carboxylic acids is 2. The number of amides is 2. The van der Waals surface area contributed by atoms with E-state index in [9.17, 15) is 9.59 Å². The molecule has 1 N–H and O–H groups in total. The number of thioether (sulfide) groups is 1. The van der Waals surface area contributed by atoms with Crippen LogP contribution in [0.2, 0.25) is 0 Å². The normalized spacial score (nSPS) is 14.6. The topological polar surface area (TPSA) is 114 Å². The van der Waals surface area contributed by atoms with Gasteiger partial charge in [-0.15, -0.1) is 0 Å². The lowest BCUT2D eigenvalue weighted by atomic mass is 10.2. The maximum absolute atomic E-state index is 13.1. The third-order valence-electron chi connectivity index (χ3n) is 4.48. The van der Waals surface area contributed by atoms with Crippen LogP contribution >= 0.6 is 11.8 Å². The number of amidine groups is 1. The van der Waals surface area contributed by atoms with Crippen LogP contribution in [0.15, 0.2) is 76.3 Å². The van der Waals surface area contributed by atoms with E-state index in [1.54, 1.807) is 43.9 Å². The van der Waals surface area contributed by atoms with E-state index in [4.69, 9.17) is 9.26 Å². The van der Waals surface area contributed by atoms with Crippen LogP contribution < -0.4 is 14.9 Å². The number of methoxy groups -OCH3 is 1. The molecule has 3 heterocycles. The summed E-state index contributed by atoms with van der Waals surface area (Å²) in [6.45, 7) is 0.973. The number of ether oxygens (including phenoxy) is 1. The molecule has 0 unspecified atom stereocenters. The molecule has 10 nitrogen and oxygen atoms in total. The molecule has 0 bridgehead atoms. The Balaban J connectivity index is 1.47. The maximum Gasteiger partial charge on any atom is 0.302 e. The summed E-state index contributed by atoms with van der Waals surface area (Å²) >= 11 is 1.15. The molecule has 168 valence electrons. The van der Waals surface area contributed by atoms with Gasteiger partial charge in [0.1, 0.15) is 12.3 Å². The van der Waals surface area contributed by atoms with Gasteiger partial charge in [0.2, 0.25) is 17.7 Å². The number of nitrogens with one attached hydrogen (secondary N) is 1. The van der Waals surface area contributed by atoms with Crippen LogP contribution in [-0.2, 0) is 20.9 Å². The third-order valence-corrected chi connectivity index (χ3v) is 5.42. The van der Waals surface area contributed by atoms with E-state index >= 15 is 0 Å². The lowest BCUT2D eigenvalue weighted by molar-refractivity contribution is -0.763. The molecule has 4 rings (SSSR count). The summed E-state index contributed by atoms with van der Waals surface area (Å²) in [6.07, 6.45) is 6.56. The van der Waals surface area contributed by atoms with Crippen LogP contribution in [0.5, 0.6) is 0 Å². The smallest absolute Gasteiger partial charge is 0.302 e. The molecule has 0 fully saturated rings. The summed E-state index contributed by atoms with van der Waals surface area (Å²) in [7, 11) is 1.59. The van der Waals surface area contributed by atoms with Gasteiger partial charge in [0.15, 0.2) is 5.17 Å². The Morgan fingerprint density at radius 1 is 1.24 bits per heavy atom. The first kappa shape index (κ1) is 22.4. The molecule has 1 aromatic carbocycles. The van der Waals surface area contributed by atoms with Crippen molar-refractivity contribution in [2.75, 3.05) is 29.7 Å². The summed E-state index contributed by atoms with van der Waals surface area (Å²) < 4.78 is 11.6. The number of rotatable bonds is 8. The highest BCUT2D eigenvalue weighted by molar-refractivity contribution is 8.14. The number of hydrogen-bond donors (Lipinski definition) is 1. The fourth-order valence-corrected chi connectivity index (χ4v) is 3.76. The standard InChI is InChI=1S/C22H20N6O4S/c1-31-12-11-27-14-20(32-26-27)25-19(29)15-33-22-24-18(13-16-7-9-23-10-8-16)21(30)28(22)17-5-3-2-4-6-17/h2-10,13-14H,11-12,15H2,1H3/p+1/b18-13+. The molecule has 33 heavy (non-hydrogen) atoms. The summed E-state index contributed by atoms with van der Waals surface area (Å²) in [6, 6.07) is 12.8. The van der Waals surface area contributed by atoms with E-state index in [1.165, 1.54) is 9.58 Å². The van der Waals surface area contributed by atoms with Crippen molar-refractivity contribution >= 4 is 46.4 Å². The molecule has 1 aliphatic heterocycles. The Kier molecular flexibility index (Phi) is 7.22. The number of aliphatic imine (C=N–C) groups is 1. The monoisotopic (exact) mass is 465 g/mol. The van der Waals surface area contributed by atoms with Crippen molar-refractivity contribution in [2.45, 2.75) is 6.54 Å². The van der Waals surface area contributed by atoms with Gasteiger partial charge in [-0.2, -0.15) is 0 Å². The Morgan fingerprint density at radius 2 is 2.03 bits per heavy atom. The van der Waals surface area contributed by atoms with Crippen LogP contribution in [0.25, 0.3) is 6.08 Å². The number of aromatic nitrogens is 3. The fourth-order valence-electron chi connectivity index (χ4n) is 2.94. The zero-order valence-electron chi connectivity index (χ0n) is 17.7. The first-order valence-corrected chi connectivity index (χ1v) is 11.0. The Hall–Kier alpha value is -3.83. The summed E-state index contributed by atoms with van der Waals surface area (Å²) in [5, 5.41) is 6.87. The van der Waals surface area contributed by atoms with Gasteiger partial charge < -0.3 is 4.74 Å². The van der Waals surface area contributed by atoms with E-state index in [0.29, 0.717) is 24.0 Å². The summed E-state index contributed by atoms with van der Waals surface area (Å²) in [4.78, 5) is 35.6. The third kappa shape index (κ3) is 5.70. The molecule has 2 amide bonds. The van der Waals surface area contributed by atoms with E-state index in [1.807, 2.05) is 30.3 Å². The van der Waals surface area contributed by atoms with E-state index < -0.39 is 0 Å². The van der Waals surface area contributed by atoms with Gasteiger partial charge in [0, 0.05) is 19.5 Å². The molecular formula is C22H21N6O4S+. The highest BCUT2D eigenvalue weighted by Crippen LogP contribution is 2.29. The first-order chi connectivity index (χ1) is 16.1. The van der Waals surface area contributed by atoms with Crippen molar-refractivity contribution < 1.29 is 23.5 Å². The minimum absolute atomic E-state index is 0.0246. The predicted octanol–water partition coefficient (Wildman–Crippen LogP) is 2.12. The molecule has 0 atom stereocenters. The number of anilines is 2. The van der Waals surface area contributed by atoms with Gasteiger partial charge >= 0.3 is 5.88 Å². The van der Waals surface area contributed by atoms with Gasteiger partial charge in [-0.05, 0) is 40.6 Å². The average molecular weight is 466 g/mol. The molecular weight excluding hydrogens is 444 g/mol. The number of hydrogen-bond acceptors (Lipinski definition) is 8. The lowest BCUT2D eigenvalue weighted by Crippen LogP contribution is -2.36. The Bertz CT molecular complexity index is 1180. The van der Waals surface area contributed by atoms with Gasteiger partial charge in [0.05, 0.1) is 11.4 Å². The SMILES string of the molecule is COCC[n+]1cc(NC(=O)CSC2=N/C(=C/c3ccncc3)C(=O)N2c2ccccc2)on1. The van der Waals surface area contributed by atoms with Gasteiger partial charge in [0.25, 0.3) is 12.1 Å². The fraction of sp³-hybridized carbons (Fsp3) is 0.182. The zero-order chi connectivity index (χ0) is 23.0. The largest absolute Gasteiger partial charge is 0.378 e. The van der Waals surface area contributed by atoms with Crippen LogP contribution in [0.1, 0.15) is 5.56 Å². The van der Waals surface area contributed by atoms with E-state index in [0.717, 1.165) is 17.3 Å². The molecule has 2 aromatic heterocycles. The number of pyridine rings is 1.